The monoisotopic (exact) mass is 447 g/mol. The second-order valence-electron chi connectivity index (χ2n) is 7.32. The second kappa shape index (κ2) is 8.70. The van der Waals surface area contributed by atoms with Gasteiger partial charge in [-0.1, -0.05) is 43.5 Å². The number of aliphatic carboxylic acids is 1. The zero-order valence-corrected chi connectivity index (χ0v) is 18.7. The minimum Gasteiger partial charge on any atom is -0.495 e. The van der Waals surface area contributed by atoms with Gasteiger partial charge in [-0.2, -0.15) is 0 Å². The molecule has 2 atom stereocenters. The third kappa shape index (κ3) is 3.68. The molecular weight excluding hydrogens is 425 g/mol. The second-order valence-corrected chi connectivity index (χ2v) is 8.14. The zero-order chi connectivity index (χ0) is 22.2. The molecule has 1 heterocycles. The summed E-state index contributed by atoms with van der Waals surface area (Å²) in [4.78, 5) is 25.7. The minimum atomic E-state index is -0.954. The fourth-order valence-electron chi connectivity index (χ4n) is 3.88. The fraction of sp³-hybridized carbons (Fsp3) is 0.304. The quantitative estimate of drug-likeness (QED) is 0.490. The number of halogens is 2. The Hall–Kier alpha value is -2.50. The predicted octanol–water partition coefficient (Wildman–Crippen LogP) is 6.17. The van der Waals surface area contributed by atoms with Crippen LogP contribution >= 0.6 is 23.2 Å². The van der Waals surface area contributed by atoms with Gasteiger partial charge in [0.15, 0.2) is 0 Å². The molecule has 7 heteroatoms. The van der Waals surface area contributed by atoms with Crippen LogP contribution in [0.4, 0.5) is 0 Å². The Bertz CT molecular complexity index is 1120. The van der Waals surface area contributed by atoms with Gasteiger partial charge in [0.25, 0.3) is 5.91 Å². The molecule has 0 aliphatic carbocycles. The third-order valence-electron chi connectivity index (χ3n) is 5.62. The van der Waals surface area contributed by atoms with Gasteiger partial charge in [-0.05, 0) is 54.8 Å². The standard InChI is InChI=1S/C23H23Cl2NO4/c1-5-12(2)18(23(28)29)19-13(3)26(22(27)14-6-8-15(24)9-7-14)16-10-11-17(30-4)21(25)20(16)19/h6-12,18H,5H2,1-4H3,(H,28,29). The highest BCUT2D eigenvalue weighted by Crippen LogP contribution is 2.43. The molecule has 5 nitrogen and oxygen atoms in total. The van der Waals surface area contributed by atoms with Crippen molar-refractivity contribution in [2.45, 2.75) is 33.1 Å². The van der Waals surface area contributed by atoms with Crippen LogP contribution in [0.1, 0.15) is 47.8 Å². The minimum absolute atomic E-state index is 0.159. The molecule has 0 spiro atoms. The van der Waals surface area contributed by atoms with E-state index < -0.39 is 11.9 Å². The summed E-state index contributed by atoms with van der Waals surface area (Å²) in [7, 11) is 1.50. The average Bonchev–Trinajstić information content (AvgIpc) is 3.01. The summed E-state index contributed by atoms with van der Waals surface area (Å²) >= 11 is 12.6. The molecule has 0 amide bonds. The van der Waals surface area contributed by atoms with Crippen LogP contribution in [0.2, 0.25) is 10.0 Å². The van der Waals surface area contributed by atoms with Gasteiger partial charge in [-0.15, -0.1) is 0 Å². The highest BCUT2D eigenvalue weighted by Gasteiger charge is 2.34. The molecular formula is C23H23Cl2NO4. The van der Waals surface area contributed by atoms with E-state index >= 15 is 0 Å². The van der Waals surface area contributed by atoms with E-state index in [1.165, 1.54) is 11.7 Å². The summed E-state index contributed by atoms with van der Waals surface area (Å²) in [5, 5.41) is 11.4. The molecule has 1 N–H and O–H groups in total. The Kier molecular flexibility index (Phi) is 6.44. The number of hydrogen-bond donors (Lipinski definition) is 1. The van der Waals surface area contributed by atoms with E-state index in [4.69, 9.17) is 27.9 Å². The Balaban J connectivity index is 2.38. The number of benzene rings is 2. The lowest BCUT2D eigenvalue weighted by atomic mass is 9.84. The van der Waals surface area contributed by atoms with Crippen LogP contribution in [-0.2, 0) is 4.79 Å². The maximum absolute atomic E-state index is 13.4. The SMILES string of the molecule is CCC(C)C(C(=O)O)c1c(C)n(C(=O)c2ccc(Cl)cc2)c2ccc(OC)c(Cl)c12. The summed E-state index contributed by atoms with van der Waals surface area (Å²) in [6.07, 6.45) is 0.662. The van der Waals surface area contributed by atoms with Crippen LogP contribution in [0.3, 0.4) is 0 Å². The molecule has 0 aliphatic heterocycles. The molecule has 0 fully saturated rings. The average molecular weight is 448 g/mol. The first-order chi connectivity index (χ1) is 14.2. The van der Waals surface area contributed by atoms with Crippen molar-refractivity contribution in [2.24, 2.45) is 5.92 Å². The summed E-state index contributed by atoms with van der Waals surface area (Å²) in [6, 6.07) is 9.99. The van der Waals surface area contributed by atoms with Crippen molar-refractivity contribution in [1.82, 2.24) is 4.57 Å². The van der Waals surface area contributed by atoms with Crippen molar-refractivity contribution in [1.29, 1.82) is 0 Å². The van der Waals surface area contributed by atoms with Crippen molar-refractivity contribution >= 4 is 46.0 Å². The lowest BCUT2D eigenvalue weighted by Gasteiger charge is -2.20. The van der Waals surface area contributed by atoms with Crippen LogP contribution in [-0.4, -0.2) is 28.7 Å². The van der Waals surface area contributed by atoms with Crippen molar-refractivity contribution in [3.8, 4) is 5.75 Å². The molecule has 2 unspecified atom stereocenters. The van der Waals surface area contributed by atoms with E-state index in [0.717, 1.165) is 0 Å². The van der Waals surface area contributed by atoms with Gasteiger partial charge in [0.2, 0.25) is 0 Å². The van der Waals surface area contributed by atoms with Gasteiger partial charge in [0.1, 0.15) is 5.75 Å². The number of carbonyl (C=O) groups excluding carboxylic acids is 1. The number of fused-ring (bicyclic) bond motifs is 1. The maximum Gasteiger partial charge on any atom is 0.311 e. The molecule has 2 aromatic carbocycles. The first kappa shape index (κ1) is 22.2. The largest absolute Gasteiger partial charge is 0.495 e. The van der Waals surface area contributed by atoms with Gasteiger partial charge in [-0.25, -0.2) is 0 Å². The first-order valence-electron chi connectivity index (χ1n) is 9.63. The normalized spacial score (nSPS) is 13.3. The smallest absolute Gasteiger partial charge is 0.311 e. The Labute approximate surface area is 185 Å². The fourth-order valence-corrected chi connectivity index (χ4v) is 4.34. The number of ether oxygens (including phenoxy) is 1. The molecule has 0 aliphatic rings. The van der Waals surface area contributed by atoms with Crippen LogP contribution < -0.4 is 4.74 Å². The van der Waals surface area contributed by atoms with E-state index in [-0.39, 0.29) is 11.8 Å². The van der Waals surface area contributed by atoms with Gasteiger partial charge >= 0.3 is 5.97 Å². The number of methoxy groups -OCH3 is 1. The Morgan fingerprint density at radius 2 is 1.77 bits per heavy atom. The van der Waals surface area contributed by atoms with Crippen LogP contribution in [0.5, 0.6) is 5.75 Å². The molecule has 0 radical (unpaired) electrons. The summed E-state index contributed by atoms with van der Waals surface area (Å²) < 4.78 is 6.88. The van der Waals surface area contributed by atoms with E-state index in [1.807, 2.05) is 13.8 Å². The molecule has 158 valence electrons. The number of carboxylic acid groups (broad SMARTS) is 1. The first-order valence-corrected chi connectivity index (χ1v) is 10.4. The molecule has 3 rings (SSSR count). The Morgan fingerprint density at radius 3 is 2.30 bits per heavy atom. The number of carbonyl (C=O) groups is 2. The number of carboxylic acids is 1. The van der Waals surface area contributed by atoms with E-state index in [9.17, 15) is 14.7 Å². The van der Waals surface area contributed by atoms with Crippen LogP contribution in [0, 0.1) is 12.8 Å². The van der Waals surface area contributed by atoms with Gasteiger partial charge in [-0.3, -0.25) is 14.2 Å². The summed E-state index contributed by atoms with van der Waals surface area (Å²) in [5.74, 6) is -1.79. The molecule has 0 saturated carbocycles. The summed E-state index contributed by atoms with van der Waals surface area (Å²) in [5.41, 5.74) is 2.07. The third-order valence-corrected chi connectivity index (χ3v) is 6.25. The number of rotatable bonds is 6. The van der Waals surface area contributed by atoms with Crippen molar-refractivity contribution in [3.63, 3.8) is 0 Å². The van der Waals surface area contributed by atoms with E-state index in [0.29, 0.717) is 49.9 Å². The lowest BCUT2D eigenvalue weighted by Crippen LogP contribution is -2.21. The molecule has 0 saturated heterocycles. The molecule has 3 aromatic rings. The number of nitrogens with zero attached hydrogens (tertiary/aromatic N) is 1. The van der Waals surface area contributed by atoms with Crippen molar-refractivity contribution < 1.29 is 19.4 Å². The van der Waals surface area contributed by atoms with Gasteiger partial charge in [0, 0.05) is 21.7 Å². The molecule has 30 heavy (non-hydrogen) atoms. The van der Waals surface area contributed by atoms with E-state index in [1.54, 1.807) is 43.3 Å². The molecule has 0 bridgehead atoms. The zero-order valence-electron chi connectivity index (χ0n) is 17.2. The highest BCUT2D eigenvalue weighted by molar-refractivity contribution is 6.37. The van der Waals surface area contributed by atoms with Crippen molar-refractivity contribution in [2.75, 3.05) is 7.11 Å². The van der Waals surface area contributed by atoms with Crippen molar-refractivity contribution in [3.05, 3.63) is 63.3 Å². The van der Waals surface area contributed by atoms with Gasteiger partial charge in [0.05, 0.1) is 23.6 Å². The highest BCUT2D eigenvalue weighted by atomic mass is 35.5. The predicted molar refractivity (Wildman–Crippen MR) is 119 cm³/mol. The van der Waals surface area contributed by atoms with Gasteiger partial charge < -0.3 is 9.84 Å². The lowest BCUT2D eigenvalue weighted by molar-refractivity contribution is -0.140. The van der Waals surface area contributed by atoms with Crippen LogP contribution in [0.15, 0.2) is 36.4 Å². The molecule has 1 aromatic heterocycles. The topological polar surface area (TPSA) is 68.5 Å². The Morgan fingerprint density at radius 1 is 1.13 bits per heavy atom. The maximum atomic E-state index is 13.4. The summed E-state index contributed by atoms with van der Waals surface area (Å²) in [6.45, 7) is 5.58. The number of hydrogen-bond acceptors (Lipinski definition) is 3. The van der Waals surface area contributed by atoms with E-state index in [2.05, 4.69) is 0 Å². The number of aromatic nitrogens is 1. The van der Waals surface area contributed by atoms with Crippen LogP contribution in [0.25, 0.3) is 10.9 Å².